The van der Waals surface area contributed by atoms with Gasteiger partial charge in [0.25, 0.3) is 0 Å². The minimum atomic E-state index is -0.210. The second-order valence-electron chi connectivity index (χ2n) is 3.43. The van der Waals surface area contributed by atoms with Gasteiger partial charge in [0.1, 0.15) is 11.8 Å². The van der Waals surface area contributed by atoms with Crippen LogP contribution in [0, 0.1) is 6.92 Å². The van der Waals surface area contributed by atoms with Gasteiger partial charge in [-0.3, -0.25) is 4.98 Å². The predicted octanol–water partition coefficient (Wildman–Crippen LogP) is 1.69. The molecule has 0 aromatic carbocycles. The standard InChI is InChI=1S/C11H14N2O/c1-8-4-2-6-13-11(8)10(12)9-5-3-7-14-9/h2,4-6,10H,3,7,12H2,1H3. The summed E-state index contributed by atoms with van der Waals surface area (Å²) in [4.78, 5) is 4.28. The number of aromatic nitrogens is 1. The van der Waals surface area contributed by atoms with Crippen LogP contribution >= 0.6 is 0 Å². The molecule has 2 N–H and O–H groups in total. The summed E-state index contributed by atoms with van der Waals surface area (Å²) < 4.78 is 5.42. The number of pyridine rings is 1. The highest BCUT2D eigenvalue weighted by molar-refractivity contribution is 5.26. The molecule has 0 amide bonds. The number of hydrogen-bond donors (Lipinski definition) is 1. The first-order valence-electron chi connectivity index (χ1n) is 4.79. The molecule has 1 aliphatic heterocycles. The summed E-state index contributed by atoms with van der Waals surface area (Å²) in [6.07, 6.45) is 4.76. The first kappa shape index (κ1) is 9.21. The third kappa shape index (κ3) is 1.63. The maximum atomic E-state index is 6.05. The van der Waals surface area contributed by atoms with Gasteiger partial charge < -0.3 is 10.5 Å². The molecule has 1 unspecified atom stereocenters. The Hall–Kier alpha value is -1.35. The second kappa shape index (κ2) is 3.80. The Morgan fingerprint density at radius 2 is 2.43 bits per heavy atom. The SMILES string of the molecule is Cc1cccnc1C(N)C1=CCCO1. The Morgan fingerprint density at radius 3 is 3.07 bits per heavy atom. The first-order chi connectivity index (χ1) is 6.79. The van der Waals surface area contributed by atoms with Crippen LogP contribution in [-0.2, 0) is 4.74 Å². The van der Waals surface area contributed by atoms with Gasteiger partial charge in [0, 0.05) is 12.6 Å². The summed E-state index contributed by atoms with van der Waals surface area (Å²) in [5, 5.41) is 0. The Balaban J connectivity index is 2.26. The van der Waals surface area contributed by atoms with Gasteiger partial charge in [-0.15, -0.1) is 0 Å². The van der Waals surface area contributed by atoms with Crippen LogP contribution in [0.3, 0.4) is 0 Å². The van der Waals surface area contributed by atoms with Crippen molar-refractivity contribution in [3.63, 3.8) is 0 Å². The zero-order chi connectivity index (χ0) is 9.97. The fraction of sp³-hybridized carbons (Fsp3) is 0.364. The molecule has 0 fully saturated rings. The third-order valence-electron chi connectivity index (χ3n) is 2.38. The van der Waals surface area contributed by atoms with Crippen LogP contribution in [0.5, 0.6) is 0 Å². The monoisotopic (exact) mass is 190 g/mol. The minimum absolute atomic E-state index is 0.210. The maximum Gasteiger partial charge on any atom is 0.115 e. The fourth-order valence-corrected chi connectivity index (χ4v) is 1.61. The van der Waals surface area contributed by atoms with Crippen molar-refractivity contribution < 1.29 is 4.74 Å². The Morgan fingerprint density at radius 1 is 1.57 bits per heavy atom. The molecule has 0 radical (unpaired) electrons. The van der Waals surface area contributed by atoms with E-state index < -0.39 is 0 Å². The molecule has 2 heterocycles. The molecule has 1 aromatic rings. The first-order valence-corrected chi connectivity index (χ1v) is 4.79. The smallest absolute Gasteiger partial charge is 0.115 e. The number of rotatable bonds is 2. The number of aryl methyl sites for hydroxylation is 1. The van der Waals surface area contributed by atoms with E-state index in [1.54, 1.807) is 6.20 Å². The molecular formula is C11H14N2O. The van der Waals surface area contributed by atoms with E-state index in [2.05, 4.69) is 4.98 Å². The zero-order valence-electron chi connectivity index (χ0n) is 8.23. The molecule has 1 aromatic heterocycles. The van der Waals surface area contributed by atoms with Crippen LogP contribution in [0.25, 0.3) is 0 Å². The lowest BCUT2D eigenvalue weighted by Crippen LogP contribution is -2.16. The van der Waals surface area contributed by atoms with Crippen LogP contribution < -0.4 is 5.73 Å². The quantitative estimate of drug-likeness (QED) is 0.772. The molecule has 74 valence electrons. The second-order valence-corrected chi connectivity index (χ2v) is 3.43. The summed E-state index contributed by atoms with van der Waals surface area (Å²) in [5.41, 5.74) is 8.06. The predicted molar refractivity (Wildman–Crippen MR) is 54.6 cm³/mol. The van der Waals surface area contributed by atoms with Crippen molar-refractivity contribution in [1.29, 1.82) is 0 Å². The van der Waals surface area contributed by atoms with Gasteiger partial charge >= 0.3 is 0 Å². The molecule has 0 bridgehead atoms. The molecule has 0 aliphatic carbocycles. The van der Waals surface area contributed by atoms with Gasteiger partial charge in [0.2, 0.25) is 0 Å². The molecule has 14 heavy (non-hydrogen) atoms. The molecule has 1 atom stereocenters. The average molecular weight is 190 g/mol. The van der Waals surface area contributed by atoms with Crippen molar-refractivity contribution in [3.8, 4) is 0 Å². The molecule has 3 nitrogen and oxygen atoms in total. The summed E-state index contributed by atoms with van der Waals surface area (Å²) in [6.45, 7) is 2.76. The van der Waals surface area contributed by atoms with Gasteiger partial charge in [-0.05, 0) is 24.6 Å². The highest BCUT2D eigenvalue weighted by Crippen LogP contribution is 2.24. The molecule has 2 rings (SSSR count). The molecule has 0 spiro atoms. The van der Waals surface area contributed by atoms with Crippen molar-refractivity contribution in [2.75, 3.05) is 6.61 Å². The van der Waals surface area contributed by atoms with Crippen LogP contribution in [0.4, 0.5) is 0 Å². The Labute approximate surface area is 83.6 Å². The molecule has 3 heteroatoms. The van der Waals surface area contributed by atoms with Gasteiger partial charge in [0.15, 0.2) is 0 Å². The third-order valence-corrected chi connectivity index (χ3v) is 2.38. The van der Waals surface area contributed by atoms with Crippen LogP contribution in [0.2, 0.25) is 0 Å². The topological polar surface area (TPSA) is 48.1 Å². The van der Waals surface area contributed by atoms with E-state index in [0.717, 1.165) is 30.0 Å². The van der Waals surface area contributed by atoms with Gasteiger partial charge in [0.05, 0.1) is 12.3 Å². The minimum Gasteiger partial charge on any atom is -0.496 e. The largest absolute Gasteiger partial charge is 0.496 e. The van der Waals surface area contributed by atoms with Gasteiger partial charge in [-0.2, -0.15) is 0 Å². The molecular weight excluding hydrogens is 176 g/mol. The van der Waals surface area contributed by atoms with E-state index in [9.17, 15) is 0 Å². The van der Waals surface area contributed by atoms with Crippen molar-refractivity contribution in [2.24, 2.45) is 5.73 Å². The molecule has 0 saturated heterocycles. The van der Waals surface area contributed by atoms with Crippen LogP contribution in [0.15, 0.2) is 30.2 Å². The highest BCUT2D eigenvalue weighted by Gasteiger charge is 2.18. The number of nitrogens with zero attached hydrogens (tertiary/aromatic N) is 1. The zero-order valence-corrected chi connectivity index (χ0v) is 8.23. The summed E-state index contributed by atoms with van der Waals surface area (Å²) in [7, 11) is 0. The van der Waals surface area contributed by atoms with E-state index in [-0.39, 0.29) is 6.04 Å². The molecule has 0 saturated carbocycles. The van der Waals surface area contributed by atoms with Crippen LogP contribution in [-0.4, -0.2) is 11.6 Å². The van der Waals surface area contributed by atoms with Crippen molar-refractivity contribution in [2.45, 2.75) is 19.4 Å². The van der Waals surface area contributed by atoms with Crippen molar-refractivity contribution >= 4 is 0 Å². The number of nitrogens with two attached hydrogens (primary N) is 1. The van der Waals surface area contributed by atoms with Gasteiger partial charge in [-0.1, -0.05) is 6.07 Å². The average Bonchev–Trinajstić information content (AvgIpc) is 2.70. The maximum absolute atomic E-state index is 6.05. The van der Waals surface area contributed by atoms with E-state index >= 15 is 0 Å². The van der Waals surface area contributed by atoms with Crippen molar-refractivity contribution in [1.82, 2.24) is 4.98 Å². The lowest BCUT2D eigenvalue weighted by Gasteiger charge is -2.14. The highest BCUT2D eigenvalue weighted by atomic mass is 16.5. The lowest BCUT2D eigenvalue weighted by molar-refractivity contribution is 0.224. The lowest BCUT2D eigenvalue weighted by atomic mass is 10.1. The summed E-state index contributed by atoms with van der Waals surface area (Å²) in [5.74, 6) is 0.854. The van der Waals surface area contributed by atoms with Crippen molar-refractivity contribution in [3.05, 3.63) is 41.4 Å². The Kier molecular flexibility index (Phi) is 2.50. The van der Waals surface area contributed by atoms with E-state index in [0.29, 0.717) is 0 Å². The van der Waals surface area contributed by atoms with E-state index in [1.165, 1.54) is 0 Å². The number of ether oxygens (including phenoxy) is 1. The van der Waals surface area contributed by atoms with E-state index in [4.69, 9.17) is 10.5 Å². The van der Waals surface area contributed by atoms with Gasteiger partial charge in [-0.25, -0.2) is 0 Å². The fourth-order valence-electron chi connectivity index (χ4n) is 1.61. The van der Waals surface area contributed by atoms with E-state index in [1.807, 2.05) is 25.1 Å². The Bertz CT molecular complexity index is 360. The normalized spacial score (nSPS) is 17.4. The summed E-state index contributed by atoms with van der Waals surface area (Å²) in [6, 6.07) is 3.71. The molecule has 1 aliphatic rings. The summed E-state index contributed by atoms with van der Waals surface area (Å²) >= 11 is 0. The van der Waals surface area contributed by atoms with Crippen LogP contribution in [0.1, 0.15) is 23.7 Å². The number of hydrogen-bond acceptors (Lipinski definition) is 3.